The third-order valence-electron chi connectivity index (χ3n) is 5.34. The first-order chi connectivity index (χ1) is 19.2. The first-order valence-electron chi connectivity index (χ1n) is 11.7. The van der Waals surface area contributed by atoms with Gasteiger partial charge in [0, 0.05) is 10.9 Å². The first-order valence-corrected chi connectivity index (χ1v) is 14.8. The zero-order chi connectivity index (χ0) is 28.7. The number of ether oxygens (including phenoxy) is 2. The molecule has 204 valence electrons. The average Bonchev–Trinajstić information content (AvgIpc) is 3.42. The van der Waals surface area contributed by atoms with Crippen molar-refractivity contribution in [3.8, 4) is 34.6 Å². The summed E-state index contributed by atoms with van der Waals surface area (Å²) in [7, 11) is -2.74. The van der Waals surface area contributed by atoms with E-state index in [1.165, 1.54) is 60.9 Å². The fourth-order valence-electron chi connectivity index (χ4n) is 3.47. The molecule has 0 aliphatic carbocycles. The number of methoxy groups -OCH3 is 1. The maximum Gasteiger partial charge on any atom is 0.339 e. The van der Waals surface area contributed by atoms with Crippen molar-refractivity contribution in [1.29, 1.82) is 5.26 Å². The summed E-state index contributed by atoms with van der Waals surface area (Å²) in [6.45, 7) is 1.93. The van der Waals surface area contributed by atoms with Crippen LogP contribution in [0.4, 0.5) is 5.13 Å². The summed E-state index contributed by atoms with van der Waals surface area (Å²) in [6.07, 6.45) is 1.36. The molecule has 1 aromatic heterocycles. The Morgan fingerprint density at radius 2 is 1.88 bits per heavy atom. The van der Waals surface area contributed by atoms with Gasteiger partial charge in [0.05, 0.1) is 23.9 Å². The third-order valence-corrected chi connectivity index (χ3v) is 7.93. The van der Waals surface area contributed by atoms with Gasteiger partial charge in [0.25, 0.3) is 5.91 Å². The summed E-state index contributed by atoms with van der Waals surface area (Å²) in [6, 6.07) is 20.1. The minimum Gasteiger partial charge on any atom is -0.497 e. The zero-order valence-electron chi connectivity index (χ0n) is 21.3. The molecule has 0 saturated heterocycles. The molecular formula is C28H22BrN3O6S2. The molecule has 0 bridgehead atoms. The summed E-state index contributed by atoms with van der Waals surface area (Å²) >= 11 is 4.57. The molecule has 0 saturated carbocycles. The van der Waals surface area contributed by atoms with Crippen LogP contribution >= 0.6 is 27.3 Å². The van der Waals surface area contributed by atoms with Gasteiger partial charge in [-0.3, -0.25) is 10.1 Å². The molecule has 1 heterocycles. The number of anilines is 1. The number of amides is 1. The van der Waals surface area contributed by atoms with Crippen LogP contribution in [0.2, 0.25) is 0 Å². The number of benzene rings is 3. The lowest BCUT2D eigenvalue weighted by molar-refractivity contribution is -0.112. The third kappa shape index (κ3) is 6.87. The van der Waals surface area contributed by atoms with E-state index in [-0.39, 0.29) is 33.0 Å². The van der Waals surface area contributed by atoms with E-state index >= 15 is 0 Å². The van der Waals surface area contributed by atoms with Crippen molar-refractivity contribution in [3.63, 3.8) is 0 Å². The molecular weight excluding hydrogens is 618 g/mol. The smallest absolute Gasteiger partial charge is 0.339 e. The fourth-order valence-corrected chi connectivity index (χ4v) is 5.79. The molecule has 40 heavy (non-hydrogen) atoms. The Balaban J connectivity index is 1.58. The summed E-state index contributed by atoms with van der Waals surface area (Å²) in [4.78, 5) is 17.2. The van der Waals surface area contributed by atoms with E-state index in [1.807, 2.05) is 41.8 Å². The van der Waals surface area contributed by atoms with Crippen LogP contribution in [0.25, 0.3) is 17.3 Å². The number of carbonyl (C=O) groups is 1. The number of hydrogen-bond donors (Lipinski definition) is 1. The quantitative estimate of drug-likeness (QED) is 0.122. The van der Waals surface area contributed by atoms with Crippen LogP contribution in [0, 0.1) is 11.3 Å². The lowest BCUT2D eigenvalue weighted by Crippen LogP contribution is -2.13. The second-order valence-corrected chi connectivity index (χ2v) is 11.3. The minimum absolute atomic E-state index is 0.0750. The molecule has 4 rings (SSSR count). The number of nitriles is 1. The number of nitrogens with one attached hydrogen (secondary N) is 1. The van der Waals surface area contributed by atoms with Crippen LogP contribution in [-0.2, 0) is 14.9 Å². The SMILES string of the molecule is CCOc1cc(C=C(C#N)C(=O)Nc2nc(-c3ccccc3)cs2)cc(Br)c1OS(=O)(=O)c1ccc(OC)cc1. The van der Waals surface area contributed by atoms with Gasteiger partial charge in [-0.1, -0.05) is 30.3 Å². The van der Waals surface area contributed by atoms with Gasteiger partial charge < -0.3 is 13.7 Å². The normalized spacial score (nSPS) is 11.4. The van der Waals surface area contributed by atoms with E-state index in [1.54, 1.807) is 6.92 Å². The highest BCUT2D eigenvalue weighted by Gasteiger charge is 2.23. The van der Waals surface area contributed by atoms with E-state index < -0.39 is 16.0 Å². The van der Waals surface area contributed by atoms with Gasteiger partial charge in [-0.05, 0) is 70.9 Å². The molecule has 0 spiro atoms. The van der Waals surface area contributed by atoms with Crippen molar-refractivity contribution in [3.05, 3.63) is 87.7 Å². The fraction of sp³-hybridized carbons (Fsp3) is 0.107. The molecule has 0 radical (unpaired) electrons. The highest BCUT2D eigenvalue weighted by molar-refractivity contribution is 9.10. The predicted molar refractivity (Wildman–Crippen MR) is 156 cm³/mol. The van der Waals surface area contributed by atoms with Crippen molar-refractivity contribution in [2.75, 3.05) is 19.0 Å². The number of hydrogen-bond acceptors (Lipinski definition) is 9. The van der Waals surface area contributed by atoms with Gasteiger partial charge in [-0.2, -0.15) is 13.7 Å². The van der Waals surface area contributed by atoms with Gasteiger partial charge in [0.15, 0.2) is 16.6 Å². The van der Waals surface area contributed by atoms with Crippen LogP contribution in [-0.4, -0.2) is 33.0 Å². The number of thiazole rings is 1. The summed E-state index contributed by atoms with van der Waals surface area (Å²) in [5.74, 6) is -0.123. The number of halogens is 1. The van der Waals surface area contributed by atoms with E-state index in [0.717, 1.165) is 5.56 Å². The average molecular weight is 641 g/mol. The van der Waals surface area contributed by atoms with Crippen molar-refractivity contribution in [1.82, 2.24) is 4.98 Å². The maximum absolute atomic E-state index is 12.9. The Morgan fingerprint density at radius 1 is 1.15 bits per heavy atom. The molecule has 0 unspecified atom stereocenters. The number of aromatic nitrogens is 1. The topological polar surface area (TPSA) is 128 Å². The maximum atomic E-state index is 12.9. The Kier molecular flexibility index (Phi) is 9.21. The molecule has 4 aromatic rings. The largest absolute Gasteiger partial charge is 0.497 e. The summed E-state index contributed by atoms with van der Waals surface area (Å²) in [5.41, 5.74) is 1.82. The molecule has 0 aliphatic heterocycles. The van der Waals surface area contributed by atoms with Crippen molar-refractivity contribution >= 4 is 54.5 Å². The lowest BCUT2D eigenvalue weighted by atomic mass is 10.1. The standard InChI is InChI=1S/C28H22BrN3O6S2/c1-3-37-25-15-18(14-23(29)26(25)38-40(34,35)22-11-9-21(36-2)10-12-22)13-20(16-30)27(33)32-28-31-24(17-39-28)19-7-5-4-6-8-19/h4-15,17H,3H2,1-2H3,(H,31,32,33). The Labute approximate surface area is 243 Å². The minimum atomic E-state index is -4.21. The van der Waals surface area contributed by atoms with Crippen LogP contribution < -0.4 is 19.0 Å². The van der Waals surface area contributed by atoms with Crippen molar-refractivity contribution in [2.45, 2.75) is 11.8 Å². The molecule has 0 aliphatic rings. The first kappa shape index (κ1) is 28.8. The molecule has 1 amide bonds. The Bertz CT molecular complexity index is 1700. The Hall–Kier alpha value is -4.18. The van der Waals surface area contributed by atoms with Crippen LogP contribution in [0.15, 0.2) is 87.1 Å². The number of nitrogens with zero attached hydrogens (tertiary/aromatic N) is 2. The second kappa shape index (κ2) is 12.8. The molecule has 0 fully saturated rings. The number of carbonyl (C=O) groups excluding carboxylic acids is 1. The van der Waals surface area contributed by atoms with Crippen molar-refractivity contribution in [2.24, 2.45) is 0 Å². The van der Waals surface area contributed by atoms with Gasteiger partial charge in [0.1, 0.15) is 22.3 Å². The Morgan fingerprint density at radius 3 is 2.52 bits per heavy atom. The van der Waals surface area contributed by atoms with Crippen LogP contribution in [0.5, 0.6) is 17.2 Å². The second-order valence-electron chi connectivity index (χ2n) is 8.00. The van der Waals surface area contributed by atoms with Gasteiger partial charge >= 0.3 is 10.1 Å². The zero-order valence-corrected chi connectivity index (χ0v) is 24.5. The predicted octanol–water partition coefficient (Wildman–Crippen LogP) is 6.29. The number of rotatable bonds is 10. The molecule has 3 aromatic carbocycles. The summed E-state index contributed by atoms with van der Waals surface area (Å²) < 4.78 is 42.2. The van der Waals surface area contributed by atoms with Gasteiger partial charge in [-0.15, -0.1) is 11.3 Å². The van der Waals surface area contributed by atoms with Gasteiger partial charge in [-0.25, -0.2) is 4.98 Å². The molecule has 12 heteroatoms. The van der Waals surface area contributed by atoms with Crippen molar-refractivity contribution < 1.29 is 26.9 Å². The van der Waals surface area contributed by atoms with E-state index in [2.05, 4.69) is 26.2 Å². The highest BCUT2D eigenvalue weighted by Crippen LogP contribution is 2.39. The van der Waals surface area contributed by atoms with E-state index in [0.29, 0.717) is 22.1 Å². The molecule has 9 nitrogen and oxygen atoms in total. The van der Waals surface area contributed by atoms with Crippen LogP contribution in [0.1, 0.15) is 12.5 Å². The van der Waals surface area contributed by atoms with Crippen LogP contribution in [0.3, 0.4) is 0 Å². The lowest BCUT2D eigenvalue weighted by Gasteiger charge is -2.15. The molecule has 1 N–H and O–H groups in total. The highest BCUT2D eigenvalue weighted by atomic mass is 79.9. The molecule has 0 atom stereocenters. The monoisotopic (exact) mass is 639 g/mol. The van der Waals surface area contributed by atoms with E-state index in [4.69, 9.17) is 13.7 Å². The van der Waals surface area contributed by atoms with E-state index in [9.17, 15) is 18.5 Å². The summed E-state index contributed by atoms with van der Waals surface area (Å²) in [5, 5.41) is 14.5. The van der Waals surface area contributed by atoms with Gasteiger partial charge in [0.2, 0.25) is 0 Å².